The van der Waals surface area contributed by atoms with Gasteiger partial charge in [0, 0.05) is 23.5 Å². The lowest BCUT2D eigenvalue weighted by atomic mass is 9.98. The van der Waals surface area contributed by atoms with Crippen molar-refractivity contribution in [2.24, 2.45) is 0 Å². The van der Waals surface area contributed by atoms with E-state index in [2.05, 4.69) is 15.9 Å². The number of ether oxygens (including phenoxy) is 1. The van der Waals surface area contributed by atoms with Gasteiger partial charge in [0.1, 0.15) is 11.4 Å². The minimum atomic E-state index is -0.502. The molecule has 1 atom stereocenters. The van der Waals surface area contributed by atoms with Crippen LogP contribution < -0.4 is 0 Å². The molecule has 110 valence electrons. The molecule has 0 aliphatic carbocycles. The fourth-order valence-electron chi connectivity index (χ4n) is 2.34. The van der Waals surface area contributed by atoms with Crippen LogP contribution in [-0.4, -0.2) is 29.7 Å². The molecular formula is C15H19BrFNO2. The van der Waals surface area contributed by atoms with Gasteiger partial charge in [0.2, 0.25) is 0 Å². The van der Waals surface area contributed by atoms with Crippen LogP contribution in [0.25, 0.3) is 0 Å². The molecule has 1 aliphatic rings. The second-order valence-electron chi connectivity index (χ2n) is 6.08. The monoisotopic (exact) mass is 343 g/mol. The second kappa shape index (κ2) is 5.72. The number of carbonyl (C=O) groups excluding carboxylic acids is 1. The molecule has 0 spiro atoms. The zero-order chi connectivity index (χ0) is 14.9. The maximum absolute atomic E-state index is 13.9. The Morgan fingerprint density at radius 2 is 2.15 bits per heavy atom. The third-order valence-corrected chi connectivity index (χ3v) is 3.74. The SMILES string of the molecule is CC(C)(C)OC(=O)N1CCC(c2ccc(Br)cc2F)C1. The van der Waals surface area contributed by atoms with Gasteiger partial charge in [-0.25, -0.2) is 9.18 Å². The number of benzene rings is 1. The first-order valence-corrected chi connectivity index (χ1v) is 7.48. The molecule has 0 radical (unpaired) electrons. The van der Waals surface area contributed by atoms with Crippen LogP contribution in [0, 0.1) is 5.82 Å². The Bertz CT molecular complexity index is 513. The number of amides is 1. The third kappa shape index (κ3) is 3.72. The van der Waals surface area contributed by atoms with Gasteiger partial charge in [-0.3, -0.25) is 0 Å². The molecule has 1 amide bonds. The zero-order valence-electron chi connectivity index (χ0n) is 12.0. The van der Waals surface area contributed by atoms with Gasteiger partial charge in [-0.05, 0) is 44.9 Å². The van der Waals surface area contributed by atoms with Crippen molar-refractivity contribution >= 4 is 22.0 Å². The van der Waals surface area contributed by atoms with Gasteiger partial charge in [-0.1, -0.05) is 22.0 Å². The van der Waals surface area contributed by atoms with Crippen LogP contribution in [0.4, 0.5) is 9.18 Å². The molecule has 0 bridgehead atoms. The fourth-order valence-corrected chi connectivity index (χ4v) is 2.67. The van der Waals surface area contributed by atoms with Crippen molar-refractivity contribution in [1.82, 2.24) is 4.90 Å². The van der Waals surface area contributed by atoms with E-state index in [9.17, 15) is 9.18 Å². The maximum atomic E-state index is 13.9. The van der Waals surface area contributed by atoms with Gasteiger partial charge >= 0.3 is 6.09 Å². The topological polar surface area (TPSA) is 29.5 Å². The Hall–Kier alpha value is -1.10. The molecule has 2 rings (SSSR count). The van der Waals surface area contributed by atoms with Crippen molar-refractivity contribution in [2.75, 3.05) is 13.1 Å². The Kier molecular flexibility index (Phi) is 4.37. The first kappa shape index (κ1) is 15.3. The van der Waals surface area contributed by atoms with Gasteiger partial charge < -0.3 is 9.64 Å². The number of likely N-dealkylation sites (tertiary alicyclic amines) is 1. The van der Waals surface area contributed by atoms with E-state index < -0.39 is 5.60 Å². The highest BCUT2D eigenvalue weighted by Crippen LogP contribution is 2.31. The predicted molar refractivity (Wildman–Crippen MR) is 79.3 cm³/mol. The molecule has 1 saturated heterocycles. The summed E-state index contributed by atoms with van der Waals surface area (Å²) in [6.45, 7) is 6.63. The quantitative estimate of drug-likeness (QED) is 0.760. The average Bonchev–Trinajstić information content (AvgIpc) is 2.75. The first-order valence-electron chi connectivity index (χ1n) is 6.69. The van der Waals surface area contributed by atoms with Crippen LogP contribution in [0.1, 0.15) is 38.7 Å². The molecule has 1 unspecified atom stereocenters. The van der Waals surface area contributed by atoms with Gasteiger partial charge in [0.05, 0.1) is 0 Å². The number of hydrogen-bond acceptors (Lipinski definition) is 2. The number of nitrogens with zero attached hydrogens (tertiary/aromatic N) is 1. The number of halogens is 2. The molecule has 0 saturated carbocycles. The highest BCUT2D eigenvalue weighted by molar-refractivity contribution is 9.10. The van der Waals surface area contributed by atoms with Crippen molar-refractivity contribution < 1.29 is 13.9 Å². The van der Waals surface area contributed by atoms with E-state index in [1.54, 1.807) is 11.0 Å². The summed E-state index contributed by atoms with van der Waals surface area (Å²) in [5, 5.41) is 0. The lowest BCUT2D eigenvalue weighted by molar-refractivity contribution is 0.0292. The standard InChI is InChI=1S/C15H19BrFNO2/c1-15(2,3)20-14(19)18-7-6-10(9-18)12-5-4-11(16)8-13(12)17/h4-5,8,10H,6-7,9H2,1-3H3. The minimum absolute atomic E-state index is 0.0376. The summed E-state index contributed by atoms with van der Waals surface area (Å²) in [5.41, 5.74) is 0.164. The van der Waals surface area contributed by atoms with E-state index in [1.165, 1.54) is 6.07 Å². The smallest absolute Gasteiger partial charge is 0.410 e. The molecule has 1 aromatic rings. The molecule has 1 aromatic carbocycles. The van der Waals surface area contributed by atoms with E-state index in [0.717, 1.165) is 10.9 Å². The summed E-state index contributed by atoms with van der Waals surface area (Å²) < 4.78 is 20.0. The van der Waals surface area contributed by atoms with Crippen LogP contribution in [0.15, 0.2) is 22.7 Å². The highest BCUT2D eigenvalue weighted by atomic mass is 79.9. The van der Waals surface area contributed by atoms with E-state index in [-0.39, 0.29) is 17.8 Å². The van der Waals surface area contributed by atoms with Gasteiger partial charge in [0.15, 0.2) is 0 Å². The second-order valence-corrected chi connectivity index (χ2v) is 6.99. The van der Waals surface area contributed by atoms with E-state index in [4.69, 9.17) is 4.74 Å². The maximum Gasteiger partial charge on any atom is 0.410 e. The molecule has 20 heavy (non-hydrogen) atoms. The average molecular weight is 344 g/mol. The van der Waals surface area contributed by atoms with Crippen molar-refractivity contribution in [3.8, 4) is 0 Å². The fraction of sp³-hybridized carbons (Fsp3) is 0.533. The third-order valence-electron chi connectivity index (χ3n) is 3.24. The molecule has 3 nitrogen and oxygen atoms in total. The summed E-state index contributed by atoms with van der Waals surface area (Å²) in [5.74, 6) is -0.189. The Balaban J connectivity index is 2.03. The molecule has 5 heteroatoms. The molecule has 1 fully saturated rings. The summed E-state index contributed by atoms with van der Waals surface area (Å²) in [4.78, 5) is 13.6. The lowest BCUT2D eigenvalue weighted by Crippen LogP contribution is -2.35. The number of rotatable bonds is 1. The Labute approximate surface area is 127 Å². The molecule has 0 N–H and O–H groups in total. The van der Waals surface area contributed by atoms with Crippen LogP contribution in [0.3, 0.4) is 0 Å². The van der Waals surface area contributed by atoms with Crippen LogP contribution >= 0.6 is 15.9 Å². The van der Waals surface area contributed by atoms with Crippen LogP contribution in [-0.2, 0) is 4.74 Å². The summed E-state index contributed by atoms with van der Waals surface area (Å²) >= 11 is 3.25. The first-order chi connectivity index (χ1) is 9.26. The zero-order valence-corrected chi connectivity index (χ0v) is 13.5. The predicted octanol–water partition coefficient (Wildman–Crippen LogP) is 4.31. The van der Waals surface area contributed by atoms with Crippen LogP contribution in [0.2, 0.25) is 0 Å². The van der Waals surface area contributed by atoms with Crippen molar-refractivity contribution in [3.05, 3.63) is 34.1 Å². The Morgan fingerprint density at radius 3 is 2.75 bits per heavy atom. The van der Waals surface area contributed by atoms with Crippen molar-refractivity contribution in [2.45, 2.75) is 38.7 Å². The Morgan fingerprint density at radius 1 is 1.45 bits per heavy atom. The van der Waals surface area contributed by atoms with E-state index in [0.29, 0.717) is 18.7 Å². The molecule has 1 aliphatic heterocycles. The van der Waals surface area contributed by atoms with Gasteiger partial charge in [0.25, 0.3) is 0 Å². The minimum Gasteiger partial charge on any atom is -0.444 e. The van der Waals surface area contributed by atoms with Crippen LogP contribution in [0.5, 0.6) is 0 Å². The van der Waals surface area contributed by atoms with E-state index >= 15 is 0 Å². The highest BCUT2D eigenvalue weighted by Gasteiger charge is 2.31. The molecule has 1 heterocycles. The summed E-state index contributed by atoms with van der Waals surface area (Å²) in [7, 11) is 0. The summed E-state index contributed by atoms with van der Waals surface area (Å²) in [6.07, 6.45) is 0.440. The number of hydrogen-bond donors (Lipinski definition) is 0. The van der Waals surface area contributed by atoms with E-state index in [1.807, 2.05) is 26.8 Å². The summed E-state index contributed by atoms with van der Waals surface area (Å²) in [6, 6.07) is 5.07. The molecule has 0 aromatic heterocycles. The normalized spacial score (nSPS) is 19.2. The van der Waals surface area contributed by atoms with Gasteiger partial charge in [-0.15, -0.1) is 0 Å². The van der Waals surface area contributed by atoms with Crippen molar-refractivity contribution in [1.29, 1.82) is 0 Å². The lowest BCUT2D eigenvalue weighted by Gasteiger charge is -2.24. The van der Waals surface area contributed by atoms with Gasteiger partial charge in [-0.2, -0.15) is 0 Å². The van der Waals surface area contributed by atoms with Crippen molar-refractivity contribution in [3.63, 3.8) is 0 Å². The number of carbonyl (C=O) groups is 1. The largest absolute Gasteiger partial charge is 0.444 e. The molecular weight excluding hydrogens is 325 g/mol.